The third-order valence-corrected chi connectivity index (χ3v) is 5.15. The van der Waals surface area contributed by atoms with Gasteiger partial charge in [0.15, 0.2) is 4.96 Å². The number of hydrogen-bond acceptors (Lipinski definition) is 5. The Morgan fingerprint density at radius 1 is 1.11 bits per heavy atom. The lowest BCUT2D eigenvalue weighted by molar-refractivity contribution is 0.919. The van der Waals surface area contributed by atoms with Gasteiger partial charge >= 0.3 is 0 Å². The molecule has 4 rings (SSSR count). The zero-order valence-electron chi connectivity index (χ0n) is 15.0. The van der Waals surface area contributed by atoms with Gasteiger partial charge in [-0.15, -0.1) is 11.3 Å². The van der Waals surface area contributed by atoms with Crippen LogP contribution in [-0.2, 0) is 13.1 Å². The second-order valence-corrected chi connectivity index (χ2v) is 7.23. The van der Waals surface area contributed by atoms with Crippen LogP contribution in [0.15, 0.2) is 77.0 Å². The van der Waals surface area contributed by atoms with E-state index in [1.54, 1.807) is 16.7 Å². The van der Waals surface area contributed by atoms with Gasteiger partial charge in [-0.05, 0) is 17.7 Å². The maximum atomic E-state index is 12.1. The molecule has 136 valence electrons. The molecule has 0 aliphatic carbocycles. The van der Waals surface area contributed by atoms with Crippen LogP contribution in [0.1, 0.15) is 11.3 Å². The zero-order chi connectivity index (χ0) is 18.6. The largest absolute Gasteiger partial charge is 0.378 e. The van der Waals surface area contributed by atoms with E-state index in [1.165, 1.54) is 16.9 Å². The number of nitrogens with zero attached hydrogens (tertiary/aromatic N) is 3. The second-order valence-electron chi connectivity index (χ2n) is 6.35. The van der Waals surface area contributed by atoms with Gasteiger partial charge in [0.1, 0.15) is 0 Å². The van der Waals surface area contributed by atoms with Gasteiger partial charge in [-0.3, -0.25) is 9.20 Å². The highest BCUT2D eigenvalue weighted by Crippen LogP contribution is 2.26. The van der Waals surface area contributed by atoms with Crippen LogP contribution in [0.4, 0.5) is 11.4 Å². The fraction of sp³-hybridized carbons (Fsp3) is 0.143. The first-order chi connectivity index (χ1) is 13.2. The van der Waals surface area contributed by atoms with Crippen LogP contribution in [0.25, 0.3) is 4.96 Å². The maximum absolute atomic E-state index is 12.1. The summed E-state index contributed by atoms with van der Waals surface area (Å²) in [6.07, 6.45) is 1.75. The lowest BCUT2D eigenvalue weighted by atomic mass is 10.2. The molecule has 0 unspecified atom stereocenters. The van der Waals surface area contributed by atoms with Crippen molar-refractivity contribution < 1.29 is 0 Å². The van der Waals surface area contributed by atoms with Gasteiger partial charge in [-0.25, -0.2) is 4.98 Å². The van der Waals surface area contributed by atoms with Crippen molar-refractivity contribution in [3.05, 3.63) is 93.9 Å². The summed E-state index contributed by atoms with van der Waals surface area (Å²) >= 11 is 1.46. The third-order valence-electron chi connectivity index (χ3n) is 4.39. The Balaban J connectivity index is 1.53. The third kappa shape index (κ3) is 3.85. The number of nitrogens with one attached hydrogen (secondary N) is 1. The summed E-state index contributed by atoms with van der Waals surface area (Å²) in [5.74, 6) is 0. The van der Waals surface area contributed by atoms with E-state index in [2.05, 4.69) is 52.6 Å². The Hall–Kier alpha value is -3.12. The number of fused-ring (bicyclic) bond motifs is 1. The quantitative estimate of drug-likeness (QED) is 0.552. The van der Waals surface area contributed by atoms with E-state index < -0.39 is 0 Å². The number of rotatable bonds is 6. The lowest BCUT2D eigenvalue weighted by Gasteiger charge is -2.23. The van der Waals surface area contributed by atoms with Crippen molar-refractivity contribution in [2.45, 2.75) is 13.1 Å². The SMILES string of the molecule is CN(Cc1ccccc1)c1ccccc1NCc1cc(=O)n2ccsc2n1. The molecule has 0 atom stereocenters. The zero-order valence-corrected chi connectivity index (χ0v) is 15.8. The van der Waals surface area contributed by atoms with Crippen molar-refractivity contribution >= 4 is 27.7 Å². The normalized spacial score (nSPS) is 10.9. The molecule has 27 heavy (non-hydrogen) atoms. The average molecular weight is 376 g/mol. The highest BCUT2D eigenvalue weighted by molar-refractivity contribution is 7.15. The molecule has 0 aliphatic heterocycles. The average Bonchev–Trinajstić information content (AvgIpc) is 3.17. The van der Waals surface area contributed by atoms with Gasteiger partial charge in [0, 0.05) is 31.2 Å². The number of benzene rings is 2. The fourth-order valence-electron chi connectivity index (χ4n) is 3.06. The van der Waals surface area contributed by atoms with E-state index >= 15 is 0 Å². The Morgan fingerprint density at radius 3 is 2.74 bits per heavy atom. The number of thiazole rings is 1. The first kappa shape index (κ1) is 17.3. The molecule has 0 radical (unpaired) electrons. The number of para-hydroxylation sites is 2. The molecule has 0 spiro atoms. The standard InChI is InChI=1S/C21H20N4OS/c1-24(15-16-7-3-2-4-8-16)19-10-6-5-9-18(19)22-14-17-13-20(26)25-11-12-27-21(25)23-17/h2-13,22H,14-15H2,1H3. The van der Waals surface area contributed by atoms with Gasteiger partial charge in [0.2, 0.25) is 0 Å². The molecule has 5 nitrogen and oxygen atoms in total. The molecular formula is C21H20N4OS. The van der Waals surface area contributed by atoms with Crippen LogP contribution in [-0.4, -0.2) is 16.4 Å². The van der Waals surface area contributed by atoms with E-state index in [9.17, 15) is 4.79 Å². The first-order valence-electron chi connectivity index (χ1n) is 8.74. The summed E-state index contributed by atoms with van der Waals surface area (Å²) in [5.41, 5.74) is 4.07. The minimum Gasteiger partial charge on any atom is -0.378 e. The molecule has 2 aromatic carbocycles. The Bertz CT molecular complexity index is 1100. The molecular weight excluding hydrogens is 356 g/mol. The maximum Gasteiger partial charge on any atom is 0.258 e. The molecule has 0 saturated heterocycles. The van der Waals surface area contributed by atoms with Gasteiger partial charge in [-0.1, -0.05) is 42.5 Å². The Morgan fingerprint density at radius 2 is 1.89 bits per heavy atom. The number of anilines is 2. The minimum atomic E-state index is -0.0486. The molecule has 0 aliphatic rings. The predicted molar refractivity (Wildman–Crippen MR) is 112 cm³/mol. The van der Waals surface area contributed by atoms with Crippen molar-refractivity contribution in [3.63, 3.8) is 0 Å². The molecule has 0 amide bonds. The molecule has 4 aromatic rings. The number of aromatic nitrogens is 2. The van der Waals surface area contributed by atoms with Gasteiger partial charge in [0.05, 0.1) is 23.6 Å². The highest BCUT2D eigenvalue weighted by atomic mass is 32.1. The molecule has 2 aromatic heterocycles. The topological polar surface area (TPSA) is 49.6 Å². The van der Waals surface area contributed by atoms with Crippen molar-refractivity contribution in [2.75, 3.05) is 17.3 Å². The summed E-state index contributed by atoms with van der Waals surface area (Å²) in [4.78, 5) is 19.6. The smallest absolute Gasteiger partial charge is 0.258 e. The van der Waals surface area contributed by atoms with Crippen LogP contribution < -0.4 is 15.8 Å². The minimum absolute atomic E-state index is 0.0486. The predicted octanol–water partition coefficient (Wildman–Crippen LogP) is 4.00. The molecule has 2 heterocycles. The number of hydrogen-bond donors (Lipinski definition) is 1. The lowest BCUT2D eigenvalue weighted by Crippen LogP contribution is -2.19. The van der Waals surface area contributed by atoms with Crippen LogP contribution >= 0.6 is 11.3 Å². The Labute approximate surface area is 161 Å². The molecule has 0 bridgehead atoms. The van der Waals surface area contributed by atoms with Crippen molar-refractivity contribution in [1.82, 2.24) is 9.38 Å². The van der Waals surface area contributed by atoms with E-state index in [4.69, 9.17) is 0 Å². The van der Waals surface area contributed by atoms with Crippen LogP contribution in [0, 0.1) is 0 Å². The van der Waals surface area contributed by atoms with E-state index in [0.717, 1.165) is 23.6 Å². The van der Waals surface area contributed by atoms with Crippen molar-refractivity contribution in [2.24, 2.45) is 0 Å². The Kier molecular flexibility index (Phi) is 4.89. The summed E-state index contributed by atoms with van der Waals surface area (Å²) in [6.45, 7) is 1.32. The van der Waals surface area contributed by atoms with Crippen molar-refractivity contribution in [3.8, 4) is 0 Å². The van der Waals surface area contributed by atoms with Crippen molar-refractivity contribution in [1.29, 1.82) is 0 Å². The summed E-state index contributed by atoms with van der Waals surface area (Å²) in [6, 6.07) is 20.2. The van der Waals surface area contributed by atoms with Gasteiger partial charge in [0.25, 0.3) is 5.56 Å². The molecule has 1 N–H and O–H groups in total. The molecule has 0 saturated carbocycles. The van der Waals surface area contributed by atoms with E-state index in [-0.39, 0.29) is 5.56 Å². The first-order valence-corrected chi connectivity index (χ1v) is 9.62. The fourth-order valence-corrected chi connectivity index (χ4v) is 3.80. The monoisotopic (exact) mass is 376 g/mol. The second kappa shape index (κ2) is 7.63. The summed E-state index contributed by atoms with van der Waals surface area (Å²) in [7, 11) is 2.08. The van der Waals surface area contributed by atoms with E-state index in [1.807, 2.05) is 29.6 Å². The highest BCUT2D eigenvalue weighted by Gasteiger charge is 2.09. The summed E-state index contributed by atoms with van der Waals surface area (Å²) < 4.78 is 1.57. The van der Waals surface area contributed by atoms with Crippen LogP contribution in [0.2, 0.25) is 0 Å². The molecule has 6 heteroatoms. The van der Waals surface area contributed by atoms with E-state index in [0.29, 0.717) is 11.5 Å². The van der Waals surface area contributed by atoms with Gasteiger partial charge < -0.3 is 10.2 Å². The summed E-state index contributed by atoms with van der Waals surface area (Å²) in [5, 5.41) is 5.30. The van der Waals surface area contributed by atoms with Crippen LogP contribution in [0.3, 0.4) is 0 Å². The van der Waals surface area contributed by atoms with Crippen LogP contribution in [0.5, 0.6) is 0 Å². The molecule has 0 fully saturated rings. The van der Waals surface area contributed by atoms with Gasteiger partial charge in [-0.2, -0.15) is 0 Å².